The Morgan fingerprint density at radius 3 is 2.35 bits per heavy atom. The summed E-state index contributed by atoms with van der Waals surface area (Å²) in [6, 6.07) is 5.19. The van der Waals surface area contributed by atoms with Gasteiger partial charge in [0, 0.05) is 20.3 Å². The standard InChI is InChI=1S/C14H20F3NO2/c1-19-9-10-20-8-2-7-18-11-12-3-5-13(6-4-12)14(15,16)17/h3-6,18H,2,7-11H2,1H3. The fourth-order valence-corrected chi connectivity index (χ4v) is 1.59. The first-order valence-corrected chi connectivity index (χ1v) is 6.47. The van der Waals surface area contributed by atoms with Crippen LogP contribution in [0.25, 0.3) is 0 Å². The lowest BCUT2D eigenvalue weighted by Gasteiger charge is -2.08. The number of ether oxygens (including phenoxy) is 2. The van der Waals surface area contributed by atoms with Crippen molar-refractivity contribution in [3.8, 4) is 0 Å². The van der Waals surface area contributed by atoms with Gasteiger partial charge >= 0.3 is 6.18 Å². The van der Waals surface area contributed by atoms with Gasteiger partial charge in [0.05, 0.1) is 18.8 Å². The number of hydrogen-bond acceptors (Lipinski definition) is 3. The molecule has 20 heavy (non-hydrogen) atoms. The Hall–Kier alpha value is -1.11. The van der Waals surface area contributed by atoms with Crippen LogP contribution in [0.5, 0.6) is 0 Å². The van der Waals surface area contributed by atoms with Crippen LogP contribution in [0.1, 0.15) is 17.5 Å². The Kier molecular flexibility index (Phi) is 7.58. The highest BCUT2D eigenvalue weighted by molar-refractivity contribution is 5.24. The summed E-state index contributed by atoms with van der Waals surface area (Å²) in [5.74, 6) is 0. The summed E-state index contributed by atoms with van der Waals surface area (Å²) >= 11 is 0. The average Bonchev–Trinajstić information content (AvgIpc) is 2.41. The molecule has 0 heterocycles. The maximum absolute atomic E-state index is 12.4. The van der Waals surface area contributed by atoms with Crippen molar-refractivity contribution in [3.63, 3.8) is 0 Å². The summed E-state index contributed by atoms with van der Waals surface area (Å²) < 4.78 is 47.2. The van der Waals surface area contributed by atoms with Crippen LogP contribution in [0.4, 0.5) is 13.2 Å². The van der Waals surface area contributed by atoms with Crippen molar-refractivity contribution < 1.29 is 22.6 Å². The molecule has 0 fully saturated rings. The molecule has 0 spiro atoms. The van der Waals surface area contributed by atoms with E-state index in [4.69, 9.17) is 9.47 Å². The molecule has 6 heteroatoms. The molecule has 1 rings (SSSR count). The highest BCUT2D eigenvalue weighted by Gasteiger charge is 2.29. The maximum atomic E-state index is 12.4. The van der Waals surface area contributed by atoms with E-state index in [2.05, 4.69) is 5.32 Å². The molecule has 1 aromatic rings. The molecule has 3 nitrogen and oxygen atoms in total. The van der Waals surface area contributed by atoms with E-state index in [9.17, 15) is 13.2 Å². The van der Waals surface area contributed by atoms with Crippen molar-refractivity contribution in [3.05, 3.63) is 35.4 Å². The molecule has 1 N–H and O–H groups in total. The van der Waals surface area contributed by atoms with Crippen molar-refractivity contribution in [1.29, 1.82) is 0 Å². The number of methoxy groups -OCH3 is 1. The van der Waals surface area contributed by atoms with E-state index in [0.717, 1.165) is 30.7 Å². The van der Waals surface area contributed by atoms with Crippen molar-refractivity contribution in [2.75, 3.05) is 33.5 Å². The molecule has 0 unspecified atom stereocenters. The lowest BCUT2D eigenvalue weighted by Crippen LogP contribution is -2.17. The monoisotopic (exact) mass is 291 g/mol. The minimum absolute atomic E-state index is 0.552. The molecule has 0 amide bonds. The van der Waals surface area contributed by atoms with Crippen LogP contribution >= 0.6 is 0 Å². The normalized spacial score (nSPS) is 11.8. The van der Waals surface area contributed by atoms with Crippen LogP contribution in [0.3, 0.4) is 0 Å². The Balaban J connectivity index is 2.13. The third-order valence-electron chi connectivity index (χ3n) is 2.68. The summed E-state index contributed by atoms with van der Waals surface area (Å²) in [7, 11) is 1.62. The largest absolute Gasteiger partial charge is 0.416 e. The zero-order valence-electron chi connectivity index (χ0n) is 11.5. The van der Waals surface area contributed by atoms with Crippen molar-refractivity contribution in [2.45, 2.75) is 19.1 Å². The van der Waals surface area contributed by atoms with Crippen LogP contribution in [-0.2, 0) is 22.2 Å². The second-order valence-electron chi connectivity index (χ2n) is 4.33. The van der Waals surface area contributed by atoms with Gasteiger partial charge in [-0.2, -0.15) is 13.2 Å². The van der Waals surface area contributed by atoms with Crippen LogP contribution in [0.2, 0.25) is 0 Å². The minimum Gasteiger partial charge on any atom is -0.382 e. The smallest absolute Gasteiger partial charge is 0.382 e. The van der Waals surface area contributed by atoms with Gasteiger partial charge in [-0.25, -0.2) is 0 Å². The quantitative estimate of drug-likeness (QED) is 0.710. The van der Waals surface area contributed by atoms with Gasteiger partial charge in [-0.1, -0.05) is 12.1 Å². The Labute approximate surface area is 117 Å². The summed E-state index contributed by atoms with van der Waals surface area (Å²) in [4.78, 5) is 0. The Bertz CT molecular complexity index is 366. The predicted octanol–water partition coefficient (Wildman–Crippen LogP) is 2.85. The SMILES string of the molecule is COCCOCCCNCc1ccc(C(F)(F)F)cc1. The molecular weight excluding hydrogens is 271 g/mol. The third-order valence-corrected chi connectivity index (χ3v) is 2.68. The summed E-state index contributed by atoms with van der Waals surface area (Å²) in [5.41, 5.74) is 0.214. The van der Waals surface area contributed by atoms with E-state index >= 15 is 0 Å². The Morgan fingerprint density at radius 1 is 1.05 bits per heavy atom. The molecule has 0 aliphatic carbocycles. The number of rotatable bonds is 9. The topological polar surface area (TPSA) is 30.5 Å². The first-order valence-electron chi connectivity index (χ1n) is 6.47. The van der Waals surface area contributed by atoms with Gasteiger partial charge in [0.2, 0.25) is 0 Å². The molecule has 0 saturated carbocycles. The molecule has 0 aromatic heterocycles. The zero-order valence-corrected chi connectivity index (χ0v) is 11.5. The van der Waals surface area contributed by atoms with Crippen molar-refractivity contribution in [1.82, 2.24) is 5.32 Å². The summed E-state index contributed by atoms with van der Waals surface area (Å²) in [6.07, 6.45) is -3.42. The number of nitrogens with one attached hydrogen (secondary N) is 1. The van der Waals surface area contributed by atoms with Crippen molar-refractivity contribution in [2.24, 2.45) is 0 Å². The van der Waals surface area contributed by atoms with Gasteiger partial charge in [0.15, 0.2) is 0 Å². The first kappa shape index (κ1) is 16.9. The average molecular weight is 291 g/mol. The summed E-state index contributed by atoms with van der Waals surface area (Å²) in [6.45, 7) is 3.11. The van der Waals surface area contributed by atoms with Crippen molar-refractivity contribution >= 4 is 0 Å². The van der Waals surface area contributed by atoms with Gasteiger partial charge in [0.25, 0.3) is 0 Å². The van der Waals surface area contributed by atoms with Gasteiger partial charge in [0.1, 0.15) is 0 Å². The molecule has 0 bridgehead atoms. The molecule has 1 aromatic carbocycles. The minimum atomic E-state index is -4.27. The molecule has 0 aliphatic heterocycles. The molecule has 0 saturated heterocycles. The second kappa shape index (κ2) is 8.94. The van der Waals surface area contributed by atoms with E-state index in [1.165, 1.54) is 12.1 Å². The number of benzene rings is 1. The van der Waals surface area contributed by atoms with Crippen LogP contribution in [0.15, 0.2) is 24.3 Å². The third kappa shape index (κ3) is 6.88. The van der Waals surface area contributed by atoms with Gasteiger partial charge in [-0.05, 0) is 30.7 Å². The zero-order chi connectivity index (χ0) is 14.8. The lowest BCUT2D eigenvalue weighted by molar-refractivity contribution is -0.137. The van der Waals surface area contributed by atoms with Crippen LogP contribution in [0, 0.1) is 0 Å². The molecule has 0 atom stereocenters. The highest BCUT2D eigenvalue weighted by atomic mass is 19.4. The van der Waals surface area contributed by atoms with E-state index in [-0.39, 0.29) is 0 Å². The van der Waals surface area contributed by atoms with Gasteiger partial charge in [-0.15, -0.1) is 0 Å². The molecular formula is C14H20F3NO2. The fraction of sp³-hybridized carbons (Fsp3) is 0.571. The van der Waals surface area contributed by atoms with Gasteiger partial charge < -0.3 is 14.8 Å². The van der Waals surface area contributed by atoms with Crippen LogP contribution < -0.4 is 5.32 Å². The van der Waals surface area contributed by atoms with E-state index in [1.807, 2.05) is 0 Å². The number of alkyl halides is 3. The van der Waals surface area contributed by atoms with E-state index < -0.39 is 11.7 Å². The first-order chi connectivity index (χ1) is 9.54. The summed E-state index contributed by atoms with van der Waals surface area (Å²) in [5, 5.41) is 3.16. The van der Waals surface area contributed by atoms with Gasteiger partial charge in [-0.3, -0.25) is 0 Å². The lowest BCUT2D eigenvalue weighted by atomic mass is 10.1. The maximum Gasteiger partial charge on any atom is 0.416 e. The van der Waals surface area contributed by atoms with E-state index in [0.29, 0.717) is 26.4 Å². The molecule has 0 radical (unpaired) electrons. The Morgan fingerprint density at radius 2 is 1.75 bits per heavy atom. The van der Waals surface area contributed by atoms with E-state index in [1.54, 1.807) is 7.11 Å². The molecule has 114 valence electrons. The highest BCUT2D eigenvalue weighted by Crippen LogP contribution is 2.28. The number of hydrogen-bond donors (Lipinski definition) is 1. The van der Waals surface area contributed by atoms with Crippen LogP contribution in [-0.4, -0.2) is 33.5 Å². The number of halogens is 3. The fourth-order valence-electron chi connectivity index (χ4n) is 1.59. The predicted molar refractivity (Wildman–Crippen MR) is 70.5 cm³/mol. The molecule has 0 aliphatic rings. The second-order valence-corrected chi connectivity index (χ2v) is 4.33.